The molecule has 0 radical (unpaired) electrons. The Morgan fingerprint density at radius 1 is 1.00 bits per heavy atom. The van der Waals surface area contributed by atoms with Gasteiger partial charge in [-0.1, -0.05) is 42.0 Å². The largest absolute Gasteiger partial charge is 0.508 e. The van der Waals surface area contributed by atoms with Crippen LogP contribution in [0, 0.1) is 6.92 Å². The van der Waals surface area contributed by atoms with Gasteiger partial charge in [-0.25, -0.2) is 0 Å². The summed E-state index contributed by atoms with van der Waals surface area (Å²) in [5.41, 5.74) is 3.76. The highest BCUT2D eigenvalue weighted by molar-refractivity contribution is 5.66. The summed E-state index contributed by atoms with van der Waals surface area (Å²) >= 11 is 0. The Morgan fingerprint density at radius 3 is 2.38 bits per heavy atom. The number of aliphatic hydroxyl groups excluding tert-OH is 1. The van der Waals surface area contributed by atoms with Gasteiger partial charge in [-0.3, -0.25) is 0 Å². The van der Waals surface area contributed by atoms with Gasteiger partial charge in [0.1, 0.15) is 5.75 Å². The van der Waals surface area contributed by atoms with E-state index in [0.717, 1.165) is 11.1 Å². The minimum Gasteiger partial charge on any atom is -0.508 e. The average Bonchev–Trinajstić information content (AvgIpc) is 2.29. The van der Waals surface area contributed by atoms with Gasteiger partial charge in [-0.05, 0) is 24.1 Å². The van der Waals surface area contributed by atoms with Gasteiger partial charge in [0.25, 0.3) is 0 Å². The van der Waals surface area contributed by atoms with Crippen LogP contribution >= 0.6 is 0 Å². The van der Waals surface area contributed by atoms with E-state index in [1.54, 1.807) is 12.1 Å². The molecule has 0 bridgehead atoms. The summed E-state index contributed by atoms with van der Waals surface area (Å²) < 4.78 is 0. The lowest BCUT2D eigenvalue weighted by Gasteiger charge is -2.06. The summed E-state index contributed by atoms with van der Waals surface area (Å²) in [5.74, 6) is 0.140. The maximum Gasteiger partial charge on any atom is 0.121 e. The number of aryl methyl sites for hydroxylation is 1. The molecule has 2 aromatic rings. The number of rotatable bonds is 2. The molecule has 2 aromatic carbocycles. The van der Waals surface area contributed by atoms with Crippen molar-refractivity contribution in [3.8, 4) is 16.9 Å². The van der Waals surface area contributed by atoms with Crippen molar-refractivity contribution in [2.75, 3.05) is 0 Å². The number of hydrogen-bond donors (Lipinski definition) is 2. The molecule has 0 saturated carbocycles. The van der Waals surface area contributed by atoms with Crippen molar-refractivity contribution < 1.29 is 10.2 Å². The van der Waals surface area contributed by atoms with E-state index < -0.39 is 0 Å². The van der Waals surface area contributed by atoms with Gasteiger partial charge in [0.2, 0.25) is 0 Å². The van der Waals surface area contributed by atoms with E-state index in [4.69, 9.17) is 5.11 Å². The topological polar surface area (TPSA) is 40.5 Å². The number of hydrogen-bond acceptors (Lipinski definition) is 2. The molecule has 2 nitrogen and oxygen atoms in total. The highest BCUT2D eigenvalue weighted by Gasteiger charge is 2.03. The van der Waals surface area contributed by atoms with E-state index >= 15 is 0 Å². The third kappa shape index (κ3) is 2.07. The van der Waals surface area contributed by atoms with E-state index in [1.807, 2.05) is 31.2 Å². The molecule has 0 aliphatic carbocycles. The van der Waals surface area contributed by atoms with Gasteiger partial charge in [0, 0.05) is 5.56 Å². The highest BCUT2D eigenvalue weighted by Crippen LogP contribution is 2.26. The van der Waals surface area contributed by atoms with Crippen LogP contribution in [-0.2, 0) is 6.61 Å². The van der Waals surface area contributed by atoms with Crippen LogP contribution < -0.4 is 0 Å². The minimum atomic E-state index is -0.139. The van der Waals surface area contributed by atoms with E-state index in [2.05, 4.69) is 6.07 Å². The molecule has 0 aliphatic heterocycles. The van der Waals surface area contributed by atoms with Crippen LogP contribution in [0.15, 0.2) is 42.5 Å². The molecule has 0 aliphatic rings. The van der Waals surface area contributed by atoms with E-state index in [-0.39, 0.29) is 12.4 Å². The van der Waals surface area contributed by atoms with Crippen LogP contribution in [0.2, 0.25) is 0 Å². The van der Waals surface area contributed by atoms with Crippen molar-refractivity contribution in [3.05, 3.63) is 53.6 Å². The number of benzene rings is 2. The second-order valence-corrected chi connectivity index (χ2v) is 3.87. The third-order valence-electron chi connectivity index (χ3n) is 2.61. The Labute approximate surface area is 94.8 Å². The molecular formula is C14H14O2. The first-order valence-corrected chi connectivity index (χ1v) is 5.20. The molecule has 2 heteroatoms. The average molecular weight is 214 g/mol. The summed E-state index contributed by atoms with van der Waals surface area (Å²) in [4.78, 5) is 0. The zero-order valence-electron chi connectivity index (χ0n) is 9.14. The Morgan fingerprint density at radius 2 is 1.75 bits per heavy atom. The van der Waals surface area contributed by atoms with Crippen LogP contribution in [0.25, 0.3) is 11.1 Å². The summed E-state index contributed by atoms with van der Waals surface area (Å²) in [7, 11) is 0. The van der Waals surface area contributed by atoms with E-state index in [0.29, 0.717) is 5.56 Å². The first kappa shape index (κ1) is 10.7. The van der Waals surface area contributed by atoms with E-state index in [1.165, 1.54) is 5.56 Å². The first-order chi connectivity index (χ1) is 7.70. The Hall–Kier alpha value is -1.80. The fraction of sp³-hybridized carbons (Fsp3) is 0.143. The van der Waals surface area contributed by atoms with E-state index in [9.17, 15) is 5.11 Å². The molecule has 0 spiro atoms. The lowest BCUT2D eigenvalue weighted by molar-refractivity contribution is 0.275. The van der Waals surface area contributed by atoms with Crippen molar-refractivity contribution in [2.45, 2.75) is 13.5 Å². The number of phenols is 1. The highest BCUT2D eigenvalue weighted by atomic mass is 16.3. The lowest BCUT2D eigenvalue weighted by atomic mass is 10.0. The second kappa shape index (κ2) is 4.37. The number of aromatic hydroxyl groups is 1. The second-order valence-electron chi connectivity index (χ2n) is 3.87. The molecule has 2 rings (SSSR count). The van der Waals surface area contributed by atoms with Crippen LogP contribution in [-0.4, -0.2) is 10.2 Å². The zero-order valence-corrected chi connectivity index (χ0v) is 9.14. The molecule has 2 N–H and O–H groups in total. The molecule has 0 heterocycles. The summed E-state index contributed by atoms with van der Waals surface area (Å²) in [6.45, 7) is 1.89. The van der Waals surface area contributed by atoms with Crippen LogP contribution in [0.4, 0.5) is 0 Å². The molecule has 82 valence electrons. The number of aliphatic hydroxyl groups is 1. The van der Waals surface area contributed by atoms with Gasteiger partial charge >= 0.3 is 0 Å². The van der Waals surface area contributed by atoms with Gasteiger partial charge in [0.05, 0.1) is 6.61 Å². The van der Waals surface area contributed by atoms with Crippen molar-refractivity contribution in [3.63, 3.8) is 0 Å². The minimum absolute atomic E-state index is 0.139. The molecular weight excluding hydrogens is 200 g/mol. The molecule has 16 heavy (non-hydrogen) atoms. The Kier molecular flexibility index (Phi) is 2.93. The third-order valence-corrected chi connectivity index (χ3v) is 2.61. The van der Waals surface area contributed by atoms with Gasteiger partial charge < -0.3 is 10.2 Å². The lowest BCUT2D eigenvalue weighted by Crippen LogP contribution is -1.85. The molecule has 0 atom stereocenters. The molecule has 0 amide bonds. The SMILES string of the molecule is Cc1cccc(-c2ccc(CO)c(O)c2)c1. The monoisotopic (exact) mass is 214 g/mol. The van der Waals surface area contributed by atoms with Gasteiger partial charge in [-0.15, -0.1) is 0 Å². The molecule has 0 aromatic heterocycles. The zero-order chi connectivity index (χ0) is 11.5. The fourth-order valence-electron chi connectivity index (χ4n) is 1.70. The standard InChI is InChI=1S/C14H14O2/c1-10-3-2-4-11(7-10)12-5-6-13(9-15)14(16)8-12/h2-8,15-16H,9H2,1H3. The maximum absolute atomic E-state index is 9.66. The van der Waals surface area contributed by atoms with Crippen molar-refractivity contribution in [2.24, 2.45) is 0 Å². The van der Waals surface area contributed by atoms with Gasteiger partial charge in [-0.2, -0.15) is 0 Å². The predicted octanol–water partition coefficient (Wildman–Crippen LogP) is 2.86. The summed E-state index contributed by atoms with van der Waals surface area (Å²) in [6.07, 6.45) is 0. The normalized spacial score (nSPS) is 10.4. The van der Waals surface area contributed by atoms with Crippen LogP contribution in [0.3, 0.4) is 0 Å². The summed E-state index contributed by atoms with van der Waals surface area (Å²) in [6, 6.07) is 13.4. The maximum atomic E-state index is 9.66. The fourth-order valence-corrected chi connectivity index (χ4v) is 1.70. The van der Waals surface area contributed by atoms with Gasteiger partial charge in [0.15, 0.2) is 0 Å². The molecule has 0 saturated heterocycles. The van der Waals surface area contributed by atoms with Crippen molar-refractivity contribution in [1.82, 2.24) is 0 Å². The van der Waals surface area contributed by atoms with Crippen LogP contribution in [0.1, 0.15) is 11.1 Å². The first-order valence-electron chi connectivity index (χ1n) is 5.20. The Balaban J connectivity index is 2.45. The quantitative estimate of drug-likeness (QED) is 0.807. The molecule has 0 unspecified atom stereocenters. The summed E-state index contributed by atoms with van der Waals surface area (Å²) in [5, 5.41) is 18.6. The van der Waals surface area contributed by atoms with Crippen LogP contribution in [0.5, 0.6) is 5.75 Å². The predicted molar refractivity (Wildman–Crippen MR) is 64.2 cm³/mol. The van der Waals surface area contributed by atoms with Crippen molar-refractivity contribution in [1.29, 1.82) is 0 Å². The van der Waals surface area contributed by atoms with Crippen molar-refractivity contribution >= 4 is 0 Å². The Bertz CT molecular complexity index is 504. The smallest absolute Gasteiger partial charge is 0.121 e. The molecule has 0 fully saturated rings.